The van der Waals surface area contributed by atoms with Crippen LogP contribution in [0.4, 0.5) is 0 Å². The van der Waals surface area contributed by atoms with Crippen molar-refractivity contribution in [2.45, 2.75) is 33.2 Å². The molecule has 0 bridgehead atoms. The van der Waals surface area contributed by atoms with E-state index >= 15 is 0 Å². The highest BCUT2D eigenvalue weighted by molar-refractivity contribution is 5.26. The first kappa shape index (κ1) is 10.2. The zero-order valence-corrected chi connectivity index (χ0v) is 8.67. The molecule has 1 aromatic heterocycles. The molecule has 1 heterocycles. The molecule has 13 heavy (non-hydrogen) atoms. The molecule has 1 aromatic rings. The van der Waals surface area contributed by atoms with Crippen molar-refractivity contribution in [2.75, 3.05) is 6.54 Å². The van der Waals surface area contributed by atoms with E-state index in [1.807, 2.05) is 12.4 Å². The van der Waals surface area contributed by atoms with Crippen molar-refractivity contribution in [3.63, 3.8) is 0 Å². The number of pyridine rings is 1. The molecule has 72 valence electrons. The first-order valence-electron chi connectivity index (χ1n) is 4.95. The summed E-state index contributed by atoms with van der Waals surface area (Å²) in [5.74, 6) is 0. The van der Waals surface area contributed by atoms with E-state index in [-0.39, 0.29) is 0 Å². The maximum absolute atomic E-state index is 4.13. The molecule has 1 rings (SSSR count). The largest absolute Gasteiger partial charge is 0.310 e. The van der Waals surface area contributed by atoms with Gasteiger partial charge in [0.1, 0.15) is 0 Å². The van der Waals surface area contributed by atoms with Crippen LogP contribution in [-0.2, 0) is 6.42 Å². The van der Waals surface area contributed by atoms with E-state index in [4.69, 9.17) is 0 Å². The molecular weight excluding hydrogens is 160 g/mol. The Labute approximate surface area is 80.4 Å². The fourth-order valence-electron chi connectivity index (χ4n) is 1.57. The summed E-state index contributed by atoms with van der Waals surface area (Å²) in [7, 11) is 0. The standard InChI is InChI=1S/C11H18N2/c1-4-10-8-12-7-6-11(10)9(3)13-5-2/h6-9,13H,4-5H2,1-3H3. The van der Waals surface area contributed by atoms with Gasteiger partial charge in [-0.3, -0.25) is 4.98 Å². The first-order valence-corrected chi connectivity index (χ1v) is 4.95. The fourth-order valence-corrected chi connectivity index (χ4v) is 1.57. The Kier molecular flexibility index (Phi) is 3.90. The highest BCUT2D eigenvalue weighted by atomic mass is 14.9. The maximum atomic E-state index is 4.13. The third-order valence-corrected chi connectivity index (χ3v) is 2.30. The second-order valence-electron chi connectivity index (χ2n) is 3.21. The van der Waals surface area contributed by atoms with E-state index in [9.17, 15) is 0 Å². The molecule has 0 radical (unpaired) electrons. The topological polar surface area (TPSA) is 24.9 Å². The van der Waals surface area contributed by atoms with Gasteiger partial charge in [-0.1, -0.05) is 13.8 Å². The van der Waals surface area contributed by atoms with Crippen LogP contribution in [-0.4, -0.2) is 11.5 Å². The van der Waals surface area contributed by atoms with Gasteiger partial charge in [-0.25, -0.2) is 0 Å². The Morgan fingerprint density at radius 3 is 2.85 bits per heavy atom. The average molecular weight is 178 g/mol. The van der Waals surface area contributed by atoms with Gasteiger partial charge < -0.3 is 5.32 Å². The minimum atomic E-state index is 0.433. The summed E-state index contributed by atoms with van der Waals surface area (Å²) < 4.78 is 0. The number of rotatable bonds is 4. The maximum Gasteiger partial charge on any atom is 0.0303 e. The monoisotopic (exact) mass is 178 g/mol. The Hall–Kier alpha value is -0.890. The third kappa shape index (κ3) is 2.52. The SMILES string of the molecule is CCNC(C)c1ccncc1CC. The van der Waals surface area contributed by atoms with Crippen molar-refractivity contribution in [2.24, 2.45) is 0 Å². The zero-order chi connectivity index (χ0) is 9.68. The van der Waals surface area contributed by atoms with Crippen molar-refractivity contribution >= 4 is 0 Å². The Morgan fingerprint density at radius 2 is 2.23 bits per heavy atom. The highest BCUT2D eigenvalue weighted by Crippen LogP contribution is 2.16. The second kappa shape index (κ2) is 4.97. The molecule has 0 aliphatic rings. The summed E-state index contributed by atoms with van der Waals surface area (Å²) in [5, 5.41) is 3.41. The van der Waals surface area contributed by atoms with Crippen LogP contribution in [0.15, 0.2) is 18.5 Å². The molecule has 1 unspecified atom stereocenters. The molecule has 0 fully saturated rings. The van der Waals surface area contributed by atoms with Crippen molar-refractivity contribution in [1.82, 2.24) is 10.3 Å². The molecule has 0 spiro atoms. The van der Waals surface area contributed by atoms with Crippen LogP contribution in [0.25, 0.3) is 0 Å². The molecule has 0 amide bonds. The molecule has 0 saturated heterocycles. The normalized spacial score (nSPS) is 12.8. The molecule has 0 saturated carbocycles. The molecule has 1 N–H and O–H groups in total. The minimum Gasteiger partial charge on any atom is -0.310 e. The van der Waals surface area contributed by atoms with Gasteiger partial charge in [0.15, 0.2) is 0 Å². The molecule has 2 heteroatoms. The van der Waals surface area contributed by atoms with Gasteiger partial charge in [0.05, 0.1) is 0 Å². The van der Waals surface area contributed by atoms with E-state index < -0.39 is 0 Å². The zero-order valence-electron chi connectivity index (χ0n) is 8.67. The Bertz CT molecular complexity index is 258. The molecule has 0 aliphatic heterocycles. The Balaban J connectivity index is 2.85. The van der Waals surface area contributed by atoms with Crippen LogP contribution in [0.2, 0.25) is 0 Å². The minimum absolute atomic E-state index is 0.433. The lowest BCUT2D eigenvalue weighted by Crippen LogP contribution is -2.19. The quantitative estimate of drug-likeness (QED) is 0.765. The smallest absolute Gasteiger partial charge is 0.0303 e. The number of hydrogen-bond acceptors (Lipinski definition) is 2. The van der Waals surface area contributed by atoms with E-state index in [1.165, 1.54) is 11.1 Å². The third-order valence-electron chi connectivity index (χ3n) is 2.30. The number of aryl methyl sites for hydroxylation is 1. The summed E-state index contributed by atoms with van der Waals surface area (Å²) in [5.41, 5.74) is 2.72. The van der Waals surface area contributed by atoms with Crippen LogP contribution < -0.4 is 5.32 Å². The highest BCUT2D eigenvalue weighted by Gasteiger charge is 2.07. The Morgan fingerprint density at radius 1 is 1.46 bits per heavy atom. The lowest BCUT2D eigenvalue weighted by molar-refractivity contribution is 0.592. The van der Waals surface area contributed by atoms with Gasteiger partial charge >= 0.3 is 0 Å². The van der Waals surface area contributed by atoms with E-state index in [1.54, 1.807) is 0 Å². The van der Waals surface area contributed by atoms with E-state index in [0.717, 1.165) is 13.0 Å². The molecule has 1 atom stereocenters. The van der Waals surface area contributed by atoms with E-state index in [2.05, 4.69) is 37.1 Å². The van der Waals surface area contributed by atoms with Gasteiger partial charge in [-0.05, 0) is 37.1 Å². The predicted molar refractivity (Wildman–Crippen MR) is 55.7 cm³/mol. The van der Waals surface area contributed by atoms with Crippen molar-refractivity contribution in [3.05, 3.63) is 29.6 Å². The van der Waals surface area contributed by atoms with Crippen LogP contribution in [0.3, 0.4) is 0 Å². The molecular formula is C11H18N2. The van der Waals surface area contributed by atoms with Gasteiger partial charge in [0.25, 0.3) is 0 Å². The van der Waals surface area contributed by atoms with Crippen molar-refractivity contribution < 1.29 is 0 Å². The molecule has 0 aromatic carbocycles. The lowest BCUT2D eigenvalue weighted by Gasteiger charge is -2.15. The summed E-state index contributed by atoms with van der Waals surface area (Å²) in [4.78, 5) is 4.13. The van der Waals surface area contributed by atoms with Crippen molar-refractivity contribution in [1.29, 1.82) is 0 Å². The number of nitrogens with zero attached hydrogens (tertiary/aromatic N) is 1. The van der Waals surface area contributed by atoms with Gasteiger partial charge in [0, 0.05) is 18.4 Å². The van der Waals surface area contributed by atoms with Crippen molar-refractivity contribution in [3.8, 4) is 0 Å². The van der Waals surface area contributed by atoms with Crippen LogP contribution in [0.1, 0.15) is 37.9 Å². The lowest BCUT2D eigenvalue weighted by atomic mass is 10.0. The van der Waals surface area contributed by atoms with Gasteiger partial charge in [-0.15, -0.1) is 0 Å². The summed E-state index contributed by atoms with van der Waals surface area (Å²) in [6.07, 6.45) is 4.88. The number of nitrogens with one attached hydrogen (secondary N) is 1. The summed E-state index contributed by atoms with van der Waals surface area (Å²) in [6.45, 7) is 7.49. The second-order valence-corrected chi connectivity index (χ2v) is 3.21. The molecule has 0 aliphatic carbocycles. The average Bonchev–Trinajstić information content (AvgIpc) is 2.18. The molecule has 2 nitrogen and oxygen atoms in total. The fraction of sp³-hybridized carbons (Fsp3) is 0.545. The van der Waals surface area contributed by atoms with E-state index in [0.29, 0.717) is 6.04 Å². The summed E-state index contributed by atoms with van der Waals surface area (Å²) >= 11 is 0. The van der Waals surface area contributed by atoms with Gasteiger partial charge in [-0.2, -0.15) is 0 Å². The number of aromatic nitrogens is 1. The first-order chi connectivity index (χ1) is 6.29. The number of hydrogen-bond donors (Lipinski definition) is 1. The van der Waals surface area contributed by atoms with Crippen LogP contribution in [0, 0.1) is 0 Å². The van der Waals surface area contributed by atoms with Gasteiger partial charge in [0.2, 0.25) is 0 Å². The predicted octanol–water partition coefficient (Wildman–Crippen LogP) is 2.31. The van der Waals surface area contributed by atoms with Crippen LogP contribution in [0.5, 0.6) is 0 Å². The van der Waals surface area contributed by atoms with Crippen LogP contribution >= 0.6 is 0 Å². The summed E-state index contributed by atoms with van der Waals surface area (Å²) in [6, 6.07) is 2.54.